The van der Waals surface area contributed by atoms with Gasteiger partial charge in [-0.25, -0.2) is 13.1 Å². The highest BCUT2D eigenvalue weighted by atomic mass is 32.2. The molecule has 1 unspecified atom stereocenters. The van der Waals surface area contributed by atoms with Gasteiger partial charge in [-0.3, -0.25) is 9.59 Å². The van der Waals surface area contributed by atoms with E-state index >= 15 is 0 Å². The highest BCUT2D eigenvalue weighted by molar-refractivity contribution is 7.90. The Morgan fingerprint density at radius 3 is 2.18 bits per heavy atom. The highest BCUT2D eigenvalue weighted by Crippen LogP contribution is 2.39. The third kappa shape index (κ3) is 10.5. The Bertz CT molecular complexity index is 3100. The van der Waals surface area contributed by atoms with Crippen molar-refractivity contribution in [1.82, 2.24) is 18.8 Å². The molecule has 4 N–H and O–H groups in total. The van der Waals surface area contributed by atoms with E-state index in [1.807, 2.05) is 10.8 Å². The number of primary amides is 1. The van der Waals surface area contributed by atoms with Gasteiger partial charge in [-0.1, -0.05) is 42.5 Å². The number of amides is 2. The molecule has 0 saturated heterocycles. The van der Waals surface area contributed by atoms with Gasteiger partial charge in [-0.15, -0.1) is 0 Å². The van der Waals surface area contributed by atoms with E-state index < -0.39 is 27.8 Å². The minimum Gasteiger partial charge on any atom is -0.495 e. The number of hydrogen-bond acceptors (Lipinski definition) is 9. The molecule has 15 heteroatoms. The topological polar surface area (TPSA) is 178 Å². The Balaban J connectivity index is 0.000000210. The molecule has 338 valence electrons. The van der Waals surface area contributed by atoms with Crippen LogP contribution in [0.15, 0.2) is 127 Å². The first kappa shape index (κ1) is 45.9. The summed E-state index contributed by atoms with van der Waals surface area (Å²) in [5.74, 6) is -1.44. The van der Waals surface area contributed by atoms with E-state index in [1.165, 1.54) is 46.1 Å². The number of hydrogen-bond donors (Lipinski definition) is 3. The minimum atomic E-state index is -4.34. The SMILES string of the molecule is COCCn1cc(C(C(=O)NS(=O)(=O)c2ccc(C)cc2OC)c2ccc3c(c2)OCO3)c2ccc(C(N)=O)cc21.COCCn1ccc2ccc(C)cc21.Cc1ccc2cc[nH]c2c1. The Labute approximate surface area is 377 Å². The molecular formula is C50H53N5O9S. The van der Waals surface area contributed by atoms with Gasteiger partial charge in [0.05, 0.1) is 26.2 Å². The zero-order valence-corrected chi connectivity index (χ0v) is 38.0. The number of methoxy groups -OCH3 is 3. The lowest BCUT2D eigenvalue weighted by molar-refractivity contribution is -0.119. The van der Waals surface area contributed by atoms with Gasteiger partial charge in [0, 0.05) is 73.4 Å². The quantitative estimate of drug-likeness (QED) is 0.103. The van der Waals surface area contributed by atoms with Crippen molar-refractivity contribution in [2.45, 2.75) is 44.7 Å². The molecule has 1 atom stereocenters. The van der Waals surface area contributed by atoms with E-state index in [0.717, 1.165) is 18.7 Å². The number of carbonyl (C=O) groups is 2. The molecule has 0 spiro atoms. The second-order valence-electron chi connectivity index (χ2n) is 15.7. The predicted octanol–water partition coefficient (Wildman–Crippen LogP) is 8.14. The molecule has 3 aromatic heterocycles. The Hall–Kier alpha value is -7.07. The molecule has 0 radical (unpaired) electrons. The number of nitrogens with zero attached hydrogens (tertiary/aromatic N) is 2. The van der Waals surface area contributed by atoms with Crippen molar-refractivity contribution in [2.24, 2.45) is 5.73 Å². The fourth-order valence-electron chi connectivity index (χ4n) is 7.73. The Morgan fingerprint density at radius 2 is 1.45 bits per heavy atom. The summed E-state index contributed by atoms with van der Waals surface area (Å²) in [5.41, 5.74) is 13.4. The lowest BCUT2D eigenvalue weighted by Crippen LogP contribution is -2.35. The standard InChI is InChI=1S/C29H29N3O8S.C12H15NO.C9H9N/c1-17-4-9-26(25(12-17)38-3)41(35,36)31-29(34)27(18-6-8-23-24(14-18)40-16-39-23)21-15-32(10-11-37-2)22-13-19(28(30)33)5-7-20(21)22;1-10-3-4-11-5-6-13(7-8-14-2)12(11)9-10;1-7-2-3-8-4-5-10-9(8)6-7/h4-9,12-15,27H,10-11,16H2,1-3H3,(H2,30,33)(H,31,34);3-6,9H,7-8H2,1-2H3;2-6,10H,1H3. The first-order valence-corrected chi connectivity index (χ1v) is 22.4. The molecule has 0 aliphatic carbocycles. The van der Waals surface area contributed by atoms with Gasteiger partial charge in [0.1, 0.15) is 10.6 Å². The lowest BCUT2D eigenvalue weighted by Gasteiger charge is -2.19. The van der Waals surface area contributed by atoms with Crippen LogP contribution in [0.3, 0.4) is 0 Å². The number of nitrogens with one attached hydrogen (secondary N) is 2. The van der Waals surface area contributed by atoms with Crippen molar-refractivity contribution < 1.29 is 41.7 Å². The maximum Gasteiger partial charge on any atom is 0.267 e. The summed E-state index contributed by atoms with van der Waals surface area (Å²) in [7, 11) is 0.320. The number of aromatic amines is 1. The average molecular weight is 900 g/mol. The van der Waals surface area contributed by atoms with Gasteiger partial charge in [0.25, 0.3) is 10.0 Å². The summed E-state index contributed by atoms with van der Waals surface area (Å²) in [5, 5.41) is 3.21. The molecular weight excluding hydrogens is 847 g/mol. The predicted molar refractivity (Wildman–Crippen MR) is 251 cm³/mol. The van der Waals surface area contributed by atoms with Crippen LogP contribution in [0.2, 0.25) is 0 Å². The van der Waals surface area contributed by atoms with E-state index in [2.05, 4.69) is 82.8 Å². The summed E-state index contributed by atoms with van der Waals surface area (Å²) >= 11 is 0. The van der Waals surface area contributed by atoms with Crippen LogP contribution in [0, 0.1) is 20.8 Å². The Kier molecular flexibility index (Phi) is 14.3. The monoisotopic (exact) mass is 899 g/mol. The molecule has 14 nitrogen and oxygen atoms in total. The molecule has 2 amide bonds. The fourth-order valence-corrected chi connectivity index (χ4v) is 8.87. The van der Waals surface area contributed by atoms with Gasteiger partial charge >= 0.3 is 0 Å². The van der Waals surface area contributed by atoms with Gasteiger partial charge < -0.3 is 43.5 Å². The number of nitrogens with two attached hydrogens (primary N) is 1. The minimum absolute atomic E-state index is 0.0312. The van der Waals surface area contributed by atoms with Crippen molar-refractivity contribution in [3.8, 4) is 17.2 Å². The molecule has 9 rings (SSSR count). The zero-order valence-electron chi connectivity index (χ0n) is 37.2. The second kappa shape index (κ2) is 20.2. The number of carbonyl (C=O) groups excluding carboxylic acids is 2. The third-order valence-electron chi connectivity index (χ3n) is 11.1. The number of fused-ring (bicyclic) bond motifs is 4. The first-order valence-electron chi connectivity index (χ1n) is 20.9. The van der Waals surface area contributed by atoms with Gasteiger partial charge in [-0.05, 0) is 120 Å². The van der Waals surface area contributed by atoms with E-state index in [-0.39, 0.29) is 17.4 Å². The summed E-state index contributed by atoms with van der Waals surface area (Å²) in [6.45, 7) is 8.49. The average Bonchev–Trinajstić information content (AvgIpc) is 4.11. The number of aryl methyl sites for hydroxylation is 3. The van der Waals surface area contributed by atoms with E-state index in [1.54, 1.807) is 75.9 Å². The number of rotatable bonds is 13. The molecule has 8 aromatic rings. The fraction of sp³-hybridized carbons (Fsp3) is 0.240. The summed E-state index contributed by atoms with van der Waals surface area (Å²) in [6, 6.07) is 31.6. The lowest BCUT2D eigenvalue weighted by atomic mass is 9.90. The van der Waals surface area contributed by atoms with Crippen LogP contribution in [-0.2, 0) is 37.4 Å². The highest BCUT2D eigenvalue weighted by Gasteiger charge is 2.33. The van der Waals surface area contributed by atoms with Crippen LogP contribution in [-0.4, -0.2) is 75.7 Å². The van der Waals surface area contributed by atoms with Gasteiger partial charge in [0.2, 0.25) is 18.6 Å². The Morgan fingerprint density at radius 1 is 0.754 bits per heavy atom. The van der Waals surface area contributed by atoms with Crippen molar-refractivity contribution in [2.75, 3.05) is 41.3 Å². The summed E-state index contributed by atoms with van der Waals surface area (Å²) in [6.07, 6.45) is 5.83. The van der Waals surface area contributed by atoms with Crippen LogP contribution in [0.25, 0.3) is 32.7 Å². The van der Waals surface area contributed by atoms with Gasteiger partial charge in [-0.2, -0.15) is 0 Å². The van der Waals surface area contributed by atoms with E-state index in [9.17, 15) is 18.0 Å². The van der Waals surface area contributed by atoms with Crippen LogP contribution in [0.4, 0.5) is 0 Å². The number of ether oxygens (including phenoxy) is 5. The van der Waals surface area contributed by atoms with Crippen LogP contribution < -0.4 is 24.7 Å². The van der Waals surface area contributed by atoms with Crippen molar-refractivity contribution >= 4 is 54.5 Å². The molecule has 1 aliphatic rings. The van der Waals surface area contributed by atoms with Crippen molar-refractivity contribution in [1.29, 1.82) is 0 Å². The molecule has 0 bridgehead atoms. The summed E-state index contributed by atoms with van der Waals surface area (Å²) in [4.78, 5) is 29.0. The van der Waals surface area contributed by atoms with Crippen LogP contribution >= 0.6 is 0 Å². The summed E-state index contributed by atoms with van der Waals surface area (Å²) < 4.78 is 59.9. The third-order valence-corrected chi connectivity index (χ3v) is 12.4. The van der Waals surface area contributed by atoms with Crippen molar-refractivity contribution in [3.63, 3.8) is 0 Å². The molecule has 4 heterocycles. The molecule has 0 fully saturated rings. The second-order valence-corrected chi connectivity index (χ2v) is 17.3. The van der Waals surface area contributed by atoms with Crippen molar-refractivity contribution in [3.05, 3.63) is 155 Å². The molecule has 5 aromatic carbocycles. The maximum absolute atomic E-state index is 14.0. The smallest absolute Gasteiger partial charge is 0.267 e. The normalized spacial score (nSPS) is 12.3. The first-order chi connectivity index (χ1) is 31.3. The zero-order chi connectivity index (χ0) is 46.3. The van der Waals surface area contributed by atoms with Crippen LogP contribution in [0.1, 0.15) is 44.1 Å². The number of sulfonamides is 1. The maximum atomic E-state index is 14.0. The largest absolute Gasteiger partial charge is 0.495 e. The van der Waals surface area contributed by atoms with E-state index in [4.69, 9.17) is 29.4 Å². The molecule has 0 saturated carbocycles. The number of aromatic nitrogens is 3. The number of benzene rings is 5. The number of H-pyrrole nitrogens is 1. The van der Waals surface area contributed by atoms with Gasteiger partial charge in [0.15, 0.2) is 11.5 Å². The molecule has 1 aliphatic heterocycles. The van der Waals surface area contributed by atoms with E-state index in [0.29, 0.717) is 52.2 Å². The van der Waals surface area contributed by atoms with Crippen LogP contribution in [0.5, 0.6) is 17.2 Å². The molecule has 65 heavy (non-hydrogen) atoms.